The number of hydrogen-bond acceptors (Lipinski definition) is 6. The molecule has 1 aliphatic rings. The van der Waals surface area contributed by atoms with Gasteiger partial charge in [-0.2, -0.15) is 0 Å². The summed E-state index contributed by atoms with van der Waals surface area (Å²) in [5.41, 5.74) is -0.0524. The summed E-state index contributed by atoms with van der Waals surface area (Å²) in [6.45, 7) is 0.881. The monoisotopic (exact) mass is 253 g/mol. The summed E-state index contributed by atoms with van der Waals surface area (Å²) in [5, 5.41) is 30.1. The predicted octanol–water partition coefficient (Wildman–Crippen LogP) is 0.312. The third-order valence-electron chi connectivity index (χ3n) is 3.10. The van der Waals surface area contributed by atoms with E-state index < -0.39 is 17.1 Å². The van der Waals surface area contributed by atoms with Gasteiger partial charge in [-0.25, -0.2) is 4.98 Å². The standard InChI is InChI=1S/C11H15N3O4/c15-9-3-6-13(7-4-10(9)16)11-8(14(17)18)2-1-5-12-11/h1-2,5,9-10,15-16H,3-4,6-7H2/t9-,10+. The normalized spacial score (nSPS) is 24.7. The molecule has 1 aromatic heterocycles. The van der Waals surface area contributed by atoms with Crippen LogP contribution in [-0.4, -0.2) is 45.4 Å². The van der Waals surface area contributed by atoms with Gasteiger partial charge in [0.2, 0.25) is 5.82 Å². The molecule has 0 aromatic carbocycles. The number of pyridine rings is 1. The van der Waals surface area contributed by atoms with Crippen molar-refractivity contribution < 1.29 is 15.1 Å². The van der Waals surface area contributed by atoms with Gasteiger partial charge in [0, 0.05) is 25.4 Å². The Morgan fingerprint density at radius 3 is 2.50 bits per heavy atom. The molecule has 98 valence electrons. The number of nitro groups is 1. The van der Waals surface area contributed by atoms with Gasteiger partial charge in [0.15, 0.2) is 0 Å². The lowest BCUT2D eigenvalue weighted by molar-refractivity contribution is -0.384. The van der Waals surface area contributed by atoms with Crippen molar-refractivity contribution in [3.8, 4) is 0 Å². The zero-order chi connectivity index (χ0) is 13.1. The molecule has 1 aliphatic heterocycles. The summed E-state index contributed by atoms with van der Waals surface area (Å²) >= 11 is 0. The molecule has 0 aliphatic carbocycles. The highest BCUT2D eigenvalue weighted by molar-refractivity contribution is 5.57. The van der Waals surface area contributed by atoms with Gasteiger partial charge in [-0.05, 0) is 18.9 Å². The van der Waals surface area contributed by atoms with Crippen LogP contribution in [0.1, 0.15) is 12.8 Å². The number of aliphatic hydroxyl groups excluding tert-OH is 2. The number of nitrogens with zero attached hydrogens (tertiary/aromatic N) is 3. The molecule has 2 atom stereocenters. The first-order valence-corrected chi connectivity index (χ1v) is 5.80. The molecule has 0 saturated carbocycles. The van der Waals surface area contributed by atoms with Gasteiger partial charge in [0.05, 0.1) is 17.1 Å². The molecule has 7 nitrogen and oxygen atoms in total. The van der Waals surface area contributed by atoms with E-state index in [0.717, 1.165) is 0 Å². The zero-order valence-electron chi connectivity index (χ0n) is 9.77. The fourth-order valence-corrected chi connectivity index (χ4v) is 2.06. The molecule has 0 bridgehead atoms. The maximum Gasteiger partial charge on any atom is 0.311 e. The van der Waals surface area contributed by atoms with Gasteiger partial charge in [0.25, 0.3) is 0 Å². The van der Waals surface area contributed by atoms with Crippen LogP contribution in [0, 0.1) is 10.1 Å². The van der Waals surface area contributed by atoms with Crippen molar-refractivity contribution in [2.45, 2.75) is 25.0 Å². The molecular weight excluding hydrogens is 238 g/mol. The van der Waals surface area contributed by atoms with Crippen molar-refractivity contribution >= 4 is 11.5 Å². The van der Waals surface area contributed by atoms with Crippen molar-refractivity contribution in [1.82, 2.24) is 4.98 Å². The highest BCUT2D eigenvalue weighted by atomic mass is 16.6. The van der Waals surface area contributed by atoms with Crippen LogP contribution in [-0.2, 0) is 0 Å². The lowest BCUT2D eigenvalue weighted by Crippen LogP contribution is -2.26. The molecule has 1 fully saturated rings. The Morgan fingerprint density at radius 1 is 1.33 bits per heavy atom. The average molecular weight is 253 g/mol. The summed E-state index contributed by atoms with van der Waals surface area (Å²) in [6.07, 6.45) is 0.680. The van der Waals surface area contributed by atoms with E-state index in [1.54, 1.807) is 4.90 Å². The van der Waals surface area contributed by atoms with E-state index >= 15 is 0 Å². The van der Waals surface area contributed by atoms with Crippen molar-refractivity contribution in [2.75, 3.05) is 18.0 Å². The third-order valence-corrected chi connectivity index (χ3v) is 3.10. The van der Waals surface area contributed by atoms with Crippen molar-refractivity contribution in [3.63, 3.8) is 0 Å². The molecular formula is C11H15N3O4. The molecule has 2 rings (SSSR count). The van der Waals surface area contributed by atoms with Gasteiger partial charge >= 0.3 is 5.69 Å². The second kappa shape index (κ2) is 5.28. The van der Waals surface area contributed by atoms with Crippen LogP contribution in [0.2, 0.25) is 0 Å². The quantitative estimate of drug-likeness (QED) is 0.581. The van der Waals surface area contributed by atoms with E-state index in [-0.39, 0.29) is 5.69 Å². The van der Waals surface area contributed by atoms with E-state index in [4.69, 9.17) is 0 Å². The Bertz CT molecular complexity index is 428. The fourth-order valence-electron chi connectivity index (χ4n) is 2.06. The summed E-state index contributed by atoms with van der Waals surface area (Å²) in [5.74, 6) is 0.295. The number of anilines is 1. The molecule has 1 aromatic rings. The van der Waals surface area contributed by atoms with Crippen LogP contribution in [0.5, 0.6) is 0 Å². The molecule has 2 heterocycles. The summed E-state index contributed by atoms with van der Waals surface area (Å²) in [6, 6.07) is 2.92. The fraction of sp³-hybridized carbons (Fsp3) is 0.545. The summed E-state index contributed by atoms with van der Waals surface area (Å²) < 4.78 is 0. The molecule has 2 N–H and O–H groups in total. The van der Waals surface area contributed by atoms with Gasteiger partial charge in [-0.3, -0.25) is 10.1 Å². The Balaban J connectivity index is 2.23. The Morgan fingerprint density at radius 2 is 1.94 bits per heavy atom. The minimum atomic E-state index is -0.780. The number of rotatable bonds is 2. The number of aliphatic hydroxyl groups is 2. The summed E-state index contributed by atoms with van der Waals surface area (Å²) in [4.78, 5) is 16.2. The highest BCUT2D eigenvalue weighted by Gasteiger charge is 2.27. The van der Waals surface area contributed by atoms with E-state index in [0.29, 0.717) is 31.7 Å². The Labute approximate surface area is 104 Å². The topological polar surface area (TPSA) is 99.7 Å². The lowest BCUT2D eigenvalue weighted by Gasteiger charge is -2.20. The smallest absolute Gasteiger partial charge is 0.311 e. The molecule has 1 saturated heterocycles. The second-order valence-corrected chi connectivity index (χ2v) is 4.30. The van der Waals surface area contributed by atoms with Crippen LogP contribution < -0.4 is 4.90 Å². The van der Waals surface area contributed by atoms with Crippen molar-refractivity contribution in [1.29, 1.82) is 0 Å². The van der Waals surface area contributed by atoms with Crippen LogP contribution in [0.3, 0.4) is 0 Å². The molecule has 0 spiro atoms. The Hall–Kier alpha value is -1.73. The maximum atomic E-state index is 10.9. The van der Waals surface area contributed by atoms with Gasteiger partial charge in [0.1, 0.15) is 0 Å². The molecule has 18 heavy (non-hydrogen) atoms. The minimum absolute atomic E-state index is 0.0524. The molecule has 7 heteroatoms. The molecule has 0 radical (unpaired) electrons. The van der Waals surface area contributed by atoms with Crippen LogP contribution in [0.25, 0.3) is 0 Å². The Kier molecular flexibility index (Phi) is 3.73. The van der Waals surface area contributed by atoms with E-state index in [1.807, 2.05) is 0 Å². The lowest BCUT2D eigenvalue weighted by atomic mass is 10.1. The van der Waals surface area contributed by atoms with Crippen LogP contribution in [0.4, 0.5) is 11.5 Å². The first kappa shape index (κ1) is 12.7. The largest absolute Gasteiger partial charge is 0.390 e. The maximum absolute atomic E-state index is 10.9. The van der Waals surface area contributed by atoms with E-state index in [1.165, 1.54) is 18.3 Å². The molecule has 0 amide bonds. The minimum Gasteiger partial charge on any atom is -0.390 e. The SMILES string of the molecule is O=[N+]([O-])c1cccnc1N1CC[C@@H](O)[C@@H](O)CC1. The number of hydrogen-bond donors (Lipinski definition) is 2. The van der Waals surface area contributed by atoms with Gasteiger partial charge in [-0.1, -0.05) is 0 Å². The van der Waals surface area contributed by atoms with Crippen molar-refractivity contribution in [3.05, 3.63) is 28.4 Å². The second-order valence-electron chi connectivity index (χ2n) is 4.30. The first-order chi connectivity index (χ1) is 8.59. The highest BCUT2D eigenvalue weighted by Crippen LogP contribution is 2.27. The average Bonchev–Trinajstić information content (AvgIpc) is 2.53. The first-order valence-electron chi connectivity index (χ1n) is 5.80. The van der Waals surface area contributed by atoms with E-state index in [2.05, 4.69) is 4.98 Å². The molecule has 0 unspecified atom stereocenters. The van der Waals surface area contributed by atoms with Crippen LogP contribution >= 0.6 is 0 Å². The van der Waals surface area contributed by atoms with Gasteiger partial charge < -0.3 is 15.1 Å². The zero-order valence-corrected chi connectivity index (χ0v) is 9.77. The number of aromatic nitrogens is 1. The summed E-state index contributed by atoms with van der Waals surface area (Å²) in [7, 11) is 0. The third kappa shape index (κ3) is 2.57. The van der Waals surface area contributed by atoms with E-state index in [9.17, 15) is 20.3 Å². The van der Waals surface area contributed by atoms with Gasteiger partial charge in [-0.15, -0.1) is 0 Å². The van der Waals surface area contributed by atoms with Crippen LogP contribution in [0.15, 0.2) is 18.3 Å². The predicted molar refractivity (Wildman–Crippen MR) is 64.4 cm³/mol. The van der Waals surface area contributed by atoms with Crippen molar-refractivity contribution in [2.24, 2.45) is 0 Å².